The zero-order valence-electron chi connectivity index (χ0n) is 16.8. The van der Waals surface area contributed by atoms with Crippen LogP contribution in [0.4, 0.5) is 5.69 Å². The molecule has 0 radical (unpaired) electrons. The van der Waals surface area contributed by atoms with Crippen LogP contribution in [0.25, 0.3) is 10.9 Å². The van der Waals surface area contributed by atoms with Crippen LogP contribution in [0.1, 0.15) is 43.2 Å². The molecule has 0 atom stereocenters. The van der Waals surface area contributed by atoms with Crippen LogP contribution in [0.15, 0.2) is 54.7 Å². The molecule has 0 bridgehead atoms. The lowest BCUT2D eigenvalue weighted by Crippen LogP contribution is -2.43. The van der Waals surface area contributed by atoms with Gasteiger partial charge in [-0.2, -0.15) is 0 Å². The van der Waals surface area contributed by atoms with Crippen molar-refractivity contribution >= 4 is 33.9 Å². The molecule has 1 heterocycles. The first-order chi connectivity index (χ1) is 13.6. The summed E-state index contributed by atoms with van der Waals surface area (Å²) in [5, 5.41) is 5.65. The smallest absolute Gasteiger partial charge is 0.173 e. The van der Waals surface area contributed by atoms with E-state index in [1.807, 2.05) is 0 Å². The minimum Gasteiger partial charge on any atom is -0.350 e. The third-order valence-corrected chi connectivity index (χ3v) is 6.24. The summed E-state index contributed by atoms with van der Waals surface area (Å²) in [6.07, 6.45) is 8.64. The number of hydrogen-bond acceptors (Lipinski definition) is 1. The number of para-hydroxylation sites is 1. The number of fused-ring (bicyclic) bond motifs is 1. The summed E-state index contributed by atoms with van der Waals surface area (Å²) in [6.45, 7) is 2.96. The molecule has 4 heteroatoms. The van der Waals surface area contributed by atoms with E-state index in [0.29, 0.717) is 6.04 Å². The average molecular weight is 392 g/mol. The van der Waals surface area contributed by atoms with Crippen LogP contribution in [0.2, 0.25) is 0 Å². The SMILES string of the molecule is Cc1ccc(NC(=S)N(Cc2cn(C)c3ccccc23)C2CCCCC2)cc1. The largest absolute Gasteiger partial charge is 0.350 e. The van der Waals surface area contributed by atoms with E-state index >= 15 is 0 Å². The standard InChI is InChI=1S/C24H29N3S/c1-18-12-14-20(15-13-18)25-24(28)27(21-8-4-3-5-9-21)17-19-16-26(2)23-11-7-6-10-22(19)23/h6-7,10-16,21H,3-5,8-9,17H2,1-2H3,(H,25,28). The second kappa shape index (κ2) is 8.36. The summed E-state index contributed by atoms with van der Waals surface area (Å²) in [5.41, 5.74) is 4.95. The highest BCUT2D eigenvalue weighted by atomic mass is 32.1. The van der Waals surface area contributed by atoms with Crippen molar-refractivity contribution in [2.45, 2.75) is 51.6 Å². The van der Waals surface area contributed by atoms with Crippen LogP contribution in [0.5, 0.6) is 0 Å². The van der Waals surface area contributed by atoms with E-state index in [1.165, 1.54) is 54.1 Å². The first-order valence-electron chi connectivity index (χ1n) is 10.3. The molecule has 146 valence electrons. The van der Waals surface area contributed by atoms with Gasteiger partial charge in [-0.05, 0) is 55.7 Å². The van der Waals surface area contributed by atoms with Crippen molar-refractivity contribution in [3.05, 3.63) is 65.9 Å². The molecule has 2 aromatic carbocycles. The van der Waals surface area contributed by atoms with E-state index < -0.39 is 0 Å². The average Bonchev–Trinajstić information content (AvgIpc) is 3.04. The van der Waals surface area contributed by atoms with E-state index in [9.17, 15) is 0 Å². The van der Waals surface area contributed by atoms with Gasteiger partial charge in [-0.1, -0.05) is 55.2 Å². The van der Waals surface area contributed by atoms with Crippen molar-refractivity contribution in [2.75, 3.05) is 5.32 Å². The molecule has 0 amide bonds. The lowest BCUT2D eigenvalue weighted by atomic mass is 9.94. The van der Waals surface area contributed by atoms with Crippen LogP contribution in [-0.2, 0) is 13.6 Å². The number of thiocarbonyl (C=S) groups is 1. The van der Waals surface area contributed by atoms with Gasteiger partial charge in [-0.15, -0.1) is 0 Å². The molecule has 1 aliphatic carbocycles. The molecule has 1 aromatic heterocycles. The second-order valence-electron chi connectivity index (χ2n) is 8.00. The van der Waals surface area contributed by atoms with Gasteiger partial charge < -0.3 is 14.8 Å². The molecule has 4 rings (SSSR count). The number of nitrogens with zero attached hydrogens (tertiary/aromatic N) is 2. The fraction of sp³-hybridized carbons (Fsp3) is 0.375. The highest BCUT2D eigenvalue weighted by molar-refractivity contribution is 7.80. The fourth-order valence-electron chi connectivity index (χ4n) is 4.33. The van der Waals surface area contributed by atoms with E-state index in [1.54, 1.807) is 0 Å². The molecular weight excluding hydrogens is 362 g/mol. The molecule has 1 aliphatic rings. The molecule has 0 unspecified atom stereocenters. The summed E-state index contributed by atoms with van der Waals surface area (Å²) in [5.74, 6) is 0. The Morgan fingerprint density at radius 2 is 1.79 bits per heavy atom. The van der Waals surface area contributed by atoms with Crippen molar-refractivity contribution in [2.24, 2.45) is 7.05 Å². The number of benzene rings is 2. The summed E-state index contributed by atoms with van der Waals surface area (Å²) in [4.78, 5) is 2.43. The third-order valence-electron chi connectivity index (χ3n) is 5.90. The minimum absolute atomic E-state index is 0.512. The monoisotopic (exact) mass is 391 g/mol. The Kier molecular flexibility index (Phi) is 5.67. The number of nitrogens with one attached hydrogen (secondary N) is 1. The van der Waals surface area contributed by atoms with Crippen LogP contribution < -0.4 is 5.32 Å². The highest BCUT2D eigenvalue weighted by Crippen LogP contribution is 2.28. The second-order valence-corrected chi connectivity index (χ2v) is 8.39. The Bertz CT molecular complexity index is 952. The van der Waals surface area contributed by atoms with E-state index in [4.69, 9.17) is 12.2 Å². The van der Waals surface area contributed by atoms with Crippen molar-refractivity contribution in [3.8, 4) is 0 Å². The molecule has 0 saturated heterocycles. The lowest BCUT2D eigenvalue weighted by Gasteiger charge is -2.36. The molecule has 0 spiro atoms. The zero-order chi connectivity index (χ0) is 19.5. The molecular formula is C24H29N3S. The Hall–Kier alpha value is -2.33. The normalized spacial score (nSPS) is 14.9. The van der Waals surface area contributed by atoms with Crippen molar-refractivity contribution < 1.29 is 0 Å². The first kappa shape index (κ1) is 19.0. The van der Waals surface area contributed by atoms with Crippen LogP contribution in [0.3, 0.4) is 0 Å². The third kappa shape index (κ3) is 4.07. The number of aryl methyl sites for hydroxylation is 2. The van der Waals surface area contributed by atoms with Gasteiger partial charge in [0, 0.05) is 42.4 Å². The summed E-state index contributed by atoms with van der Waals surface area (Å²) >= 11 is 5.91. The predicted octanol–water partition coefficient (Wildman–Crippen LogP) is 6.02. The van der Waals surface area contributed by atoms with Gasteiger partial charge in [0.2, 0.25) is 0 Å². The minimum atomic E-state index is 0.512. The van der Waals surface area contributed by atoms with E-state index in [0.717, 1.165) is 17.3 Å². The number of anilines is 1. The lowest BCUT2D eigenvalue weighted by molar-refractivity contribution is 0.241. The Morgan fingerprint density at radius 1 is 1.07 bits per heavy atom. The van der Waals surface area contributed by atoms with Gasteiger partial charge >= 0.3 is 0 Å². The molecule has 3 nitrogen and oxygen atoms in total. The zero-order valence-corrected chi connectivity index (χ0v) is 17.6. The maximum atomic E-state index is 5.91. The van der Waals surface area contributed by atoms with Gasteiger partial charge in [0.25, 0.3) is 0 Å². The number of rotatable bonds is 4. The molecule has 1 fully saturated rings. The maximum Gasteiger partial charge on any atom is 0.173 e. The molecule has 3 aromatic rings. The predicted molar refractivity (Wildman–Crippen MR) is 123 cm³/mol. The topological polar surface area (TPSA) is 20.2 Å². The summed E-state index contributed by atoms with van der Waals surface area (Å²) in [6, 6.07) is 17.6. The van der Waals surface area contributed by atoms with E-state index in [-0.39, 0.29) is 0 Å². The fourth-order valence-corrected chi connectivity index (χ4v) is 4.66. The maximum absolute atomic E-state index is 5.91. The van der Waals surface area contributed by atoms with Crippen LogP contribution >= 0.6 is 12.2 Å². The highest BCUT2D eigenvalue weighted by Gasteiger charge is 2.24. The van der Waals surface area contributed by atoms with Gasteiger partial charge in [0.15, 0.2) is 5.11 Å². The Morgan fingerprint density at radius 3 is 2.54 bits per heavy atom. The number of hydrogen-bond donors (Lipinski definition) is 1. The molecule has 28 heavy (non-hydrogen) atoms. The van der Waals surface area contributed by atoms with Crippen molar-refractivity contribution in [1.82, 2.24) is 9.47 Å². The van der Waals surface area contributed by atoms with Gasteiger partial charge in [0.1, 0.15) is 0 Å². The van der Waals surface area contributed by atoms with Crippen molar-refractivity contribution in [1.29, 1.82) is 0 Å². The molecule has 1 saturated carbocycles. The molecule has 0 aliphatic heterocycles. The summed E-state index contributed by atoms with van der Waals surface area (Å²) in [7, 11) is 2.12. The van der Waals surface area contributed by atoms with Gasteiger partial charge in [0.05, 0.1) is 0 Å². The van der Waals surface area contributed by atoms with Gasteiger partial charge in [-0.3, -0.25) is 0 Å². The first-order valence-corrected chi connectivity index (χ1v) is 10.7. The quantitative estimate of drug-likeness (QED) is 0.549. The van der Waals surface area contributed by atoms with Crippen molar-refractivity contribution in [3.63, 3.8) is 0 Å². The summed E-state index contributed by atoms with van der Waals surface area (Å²) < 4.78 is 2.22. The van der Waals surface area contributed by atoms with Gasteiger partial charge in [-0.25, -0.2) is 0 Å². The van der Waals surface area contributed by atoms with Crippen LogP contribution in [-0.4, -0.2) is 20.6 Å². The number of aromatic nitrogens is 1. The molecule has 1 N–H and O–H groups in total. The van der Waals surface area contributed by atoms with Crippen LogP contribution in [0, 0.1) is 6.92 Å². The van der Waals surface area contributed by atoms with E-state index in [2.05, 4.69) is 83.5 Å². The Balaban J connectivity index is 1.61. The Labute approximate surface area is 173 Å².